The Bertz CT molecular complexity index is 905. The van der Waals surface area contributed by atoms with Gasteiger partial charge in [-0.15, -0.1) is 5.10 Å². The molecule has 2 heterocycles. The van der Waals surface area contributed by atoms with E-state index in [1.54, 1.807) is 0 Å². The first kappa shape index (κ1) is 18.9. The number of aromatic nitrogens is 2. The maximum Gasteiger partial charge on any atom is 0.263 e. The molecule has 2 saturated carbocycles. The van der Waals surface area contributed by atoms with Gasteiger partial charge in [-0.3, -0.25) is 14.4 Å². The third-order valence-electron chi connectivity index (χ3n) is 6.33. The van der Waals surface area contributed by atoms with Crippen LogP contribution in [0.2, 0.25) is 0 Å². The number of rotatable bonds is 8. The fraction of sp³-hybridized carbons (Fsp3) is 0.652. The first-order valence-electron chi connectivity index (χ1n) is 11.2. The summed E-state index contributed by atoms with van der Waals surface area (Å²) in [6.45, 7) is 7.93. The lowest BCUT2D eigenvalue weighted by atomic mass is 10.1. The predicted octanol–water partition coefficient (Wildman–Crippen LogP) is 3.48. The van der Waals surface area contributed by atoms with Gasteiger partial charge in [-0.1, -0.05) is 6.07 Å². The van der Waals surface area contributed by atoms with Gasteiger partial charge in [0, 0.05) is 19.1 Å². The van der Waals surface area contributed by atoms with Gasteiger partial charge in [0.2, 0.25) is 5.88 Å². The maximum absolute atomic E-state index is 12.7. The molecule has 1 aromatic heterocycles. The van der Waals surface area contributed by atoms with E-state index in [1.165, 1.54) is 44.3 Å². The number of carbonyl (C=O) groups excluding carboxylic acids is 1. The zero-order valence-corrected chi connectivity index (χ0v) is 17.6. The average Bonchev–Trinajstić information content (AvgIpc) is 3.59. The number of hydrogen-bond acceptors (Lipinski definition) is 4. The van der Waals surface area contributed by atoms with Gasteiger partial charge < -0.3 is 10.1 Å². The van der Waals surface area contributed by atoms with Crippen LogP contribution in [0.3, 0.4) is 0 Å². The van der Waals surface area contributed by atoms with Crippen molar-refractivity contribution >= 4 is 16.8 Å². The Hall–Kier alpha value is -2.08. The Morgan fingerprint density at radius 2 is 1.97 bits per heavy atom. The molecule has 2 aliphatic carbocycles. The molecule has 3 fully saturated rings. The van der Waals surface area contributed by atoms with Crippen LogP contribution in [-0.4, -0.2) is 45.3 Å². The van der Waals surface area contributed by atoms with Gasteiger partial charge >= 0.3 is 0 Å². The minimum Gasteiger partial charge on any atom is -0.460 e. The Morgan fingerprint density at radius 3 is 2.66 bits per heavy atom. The zero-order valence-electron chi connectivity index (χ0n) is 17.6. The van der Waals surface area contributed by atoms with Gasteiger partial charge in [0.1, 0.15) is 0 Å². The minimum atomic E-state index is -0.945. The molecule has 6 heteroatoms. The Labute approximate surface area is 172 Å². The number of fused-ring (bicyclic) bond motifs is 1. The lowest BCUT2D eigenvalue weighted by molar-refractivity contribution is -0.134. The number of carbonyl (C=O) groups is 1. The van der Waals surface area contributed by atoms with Crippen molar-refractivity contribution in [3.05, 3.63) is 23.8 Å². The van der Waals surface area contributed by atoms with Crippen LogP contribution in [0.25, 0.3) is 10.9 Å². The van der Waals surface area contributed by atoms with Crippen LogP contribution in [0.4, 0.5) is 0 Å². The summed E-state index contributed by atoms with van der Waals surface area (Å²) in [7, 11) is 0. The molecule has 2 aromatic rings. The first-order chi connectivity index (χ1) is 14.0. The number of likely N-dealkylation sites (tertiary alicyclic amines) is 1. The smallest absolute Gasteiger partial charge is 0.263 e. The van der Waals surface area contributed by atoms with Crippen molar-refractivity contribution in [1.82, 2.24) is 20.0 Å². The van der Waals surface area contributed by atoms with E-state index in [-0.39, 0.29) is 5.91 Å². The summed E-state index contributed by atoms with van der Waals surface area (Å²) in [5.74, 6) is 1.25. The molecule has 3 aliphatic rings. The van der Waals surface area contributed by atoms with Crippen molar-refractivity contribution in [2.75, 3.05) is 13.1 Å². The molecule has 0 bridgehead atoms. The summed E-state index contributed by atoms with van der Waals surface area (Å²) in [5, 5.41) is 8.89. The van der Waals surface area contributed by atoms with Crippen LogP contribution in [0, 0.1) is 5.92 Å². The zero-order chi connectivity index (χ0) is 20.0. The Balaban J connectivity index is 1.43. The Morgan fingerprint density at radius 1 is 1.21 bits per heavy atom. The highest BCUT2D eigenvalue weighted by molar-refractivity contribution is 5.88. The van der Waals surface area contributed by atoms with Crippen molar-refractivity contribution in [3.8, 4) is 5.88 Å². The number of benzene rings is 1. The predicted molar refractivity (Wildman–Crippen MR) is 113 cm³/mol. The van der Waals surface area contributed by atoms with E-state index in [1.807, 2.05) is 13.8 Å². The van der Waals surface area contributed by atoms with Crippen LogP contribution < -0.4 is 10.1 Å². The summed E-state index contributed by atoms with van der Waals surface area (Å²) in [4.78, 5) is 15.2. The van der Waals surface area contributed by atoms with Gasteiger partial charge in [-0.2, -0.15) is 0 Å². The second kappa shape index (κ2) is 7.31. The second-order valence-electron chi connectivity index (χ2n) is 9.63. The normalized spacial score (nSPS) is 20.3. The van der Waals surface area contributed by atoms with Crippen molar-refractivity contribution < 1.29 is 9.53 Å². The van der Waals surface area contributed by atoms with Gasteiger partial charge in [0.15, 0.2) is 5.60 Å². The molecule has 1 N–H and O–H groups in total. The van der Waals surface area contributed by atoms with E-state index in [4.69, 9.17) is 9.84 Å². The highest BCUT2D eigenvalue weighted by atomic mass is 16.5. The molecule has 0 radical (unpaired) electrons. The number of ether oxygens (including phenoxy) is 1. The molecule has 6 nitrogen and oxygen atoms in total. The summed E-state index contributed by atoms with van der Waals surface area (Å²) < 4.78 is 8.34. The number of nitrogens with zero attached hydrogens (tertiary/aromatic N) is 3. The third-order valence-corrected chi connectivity index (χ3v) is 6.33. The van der Waals surface area contributed by atoms with Crippen LogP contribution >= 0.6 is 0 Å². The standard InChI is InChI=1S/C23H32N4O2/c1-23(2,22(28)24-18-8-9-18)29-21-19-13-17(14-26-11-3-4-12-26)7-10-20(19)27(25-21)15-16-5-6-16/h7,10,13,16,18H,3-6,8-9,11-12,14-15H2,1-2H3,(H,24,28). The van der Waals surface area contributed by atoms with Crippen LogP contribution in [0.1, 0.15) is 57.9 Å². The van der Waals surface area contributed by atoms with Gasteiger partial charge in [0.05, 0.1) is 10.9 Å². The topological polar surface area (TPSA) is 59.4 Å². The molecule has 0 atom stereocenters. The fourth-order valence-corrected chi connectivity index (χ4v) is 4.13. The molecule has 1 amide bonds. The molecule has 0 unspecified atom stereocenters. The lowest BCUT2D eigenvalue weighted by Crippen LogP contribution is -2.47. The first-order valence-corrected chi connectivity index (χ1v) is 11.2. The highest BCUT2D eigenvalue weighted by Gasteiger charge is 2.36. The van der Waals surface area contributed by atoms with E-state index in [0.29, 0.717) is 11.9 Å². The molecule has 5 rings (SSSR count). The monoisotopic (exact) mass is 396 g/mol. The third kappa shape index (κ3) is 4.27. The molecular weight excluding hydrogens is 364 g/mol. The van der Waals surface area contributed by atoms with Crippen molar-refractivity contribution in [1.29, 1.82) is 0 Å². The van der Waals surface area contributed by atoms with Crippen LogP contribution in [0.5, 0.6) is 5.88 Å². The average molecular weight is 397 g/mol. The van der Waals surface area contributed by atoms with Crippen molar-refractivity contribution in [2.45, 2.75) is 77.1 Å². The molecule has 29 heavy (non-hydrogen) atoms. The van der Waals surface area contributed by atoms with Crippen LogP contribution in [0.15, 0.2) is 18.2 Å². The number of amides is 1. The Kier molecular flexibility index (Phi) is 4.77. The minimum absolute atomic E-state index is 0.0573. The van der Waals surface area contributed by atoms with E-state index in [2.05, 4.69) is 33.1 Å². The molecular formula is C23H32N4O2. The quantitative estimate of drug-likeness (QED) is 0.742. The molecule has 1 aromatic carbocycles. The summed E-state index contributed by atoms with van der Waals surface area (Å²) in [6, 6.07) is 6.94. The molecule has 156 valence electrons. The summed E-state index contributed by atoms with van der Waals surface area (Å²) in [5.41, 5.74) is 1.45. The molecule has 1 aliphatic heterocycles. The largest absolute Gasteiger partial charge is 0.460 e. The van der Waals surface area contributed by atoms with Gasteiger partial charge in [-0.05, 0) is 89.1 Å². The van der Waals surface area contributed by atoms with E-state index >= 15 is 0 Å². The van der Waals surface area contributed by atoms with E-state index < -0.39 is 5.60 Å². The van der Waals surface area contributed by atoms with Crippen LogP contribution in [-0.2, 0) is 17.9 Å². The van der Waals surface area contributed by atoms with Gasteiger partial charge in [-0.25, -0.2) is 0 Å². The number of nitrogens with one attached hydrogen (secondary N) is 1. The summed E-state index contributed by atoms with van der Waals surface area (Å²) in [6.07, 6.45) is 7.28. The van der Waals surface area contributed by atoms with Crippen molar-refractivity contribution in [3.63, 3.8) is 0 Å². The molecule has 1 saturated heterocycles. The summed E-state index contributed by atoms with van der Waals surface area (Å²) >= 11 is 0. The maximum atomic E-state index is 12.7. The highest BCUT2D eigenvalue weighted by Crippen LogP contribution is 2.35. The SMILES string of the molecule is CC(C)(Oc1nn(CC2CC2)c2ccc(CN3CCCC3)cc12)C(=O)NC1CC1. The number of hydrogen-bond donors (Lipinski definition) is 1. The fourth-order valence-electron chi connectivity index (χ4n) is 4.13. The second-order valence-corrected chi connectivity index (χ2v) is 9.63. The van der Waals surface area contributed by atoms with E-state index in [9.17, 15) is 4.79 Å². The van der Waals surface area contributed by atoms with E-state index in [0.717, 1.165) is 42.8 Å². The van der Waals surface area contributed by atoms with Crippen molar-refractivity contribution in [2.24, 2.45) is 5.92 Å². The lowest BCUT2D eigenvalue weighted by Gasteiger charge is -2.24. The molecule has 0 spiro atoms. The van der Waals surface area contributed by atoms with Gasteiger partial charge in [0.25, 0.3) is 5.91 Å².